The summed E-state index contributed by atoms with van der Waals surface area (Å²) in [6, 6.07) is 7.66. The van der Waals surface area contributed by atoms with E-state index in [-0.39, 0.29) is 5.91 Å². The fraction of sp³-hybridized carbons (Fsp3) is 0.333. The van der Waals surface area contributed by atoms with Crippen LogP contribution < -0.4 is 14.8 Å². The molecule has 1 aromatic heterocycles. The van der Waals surface area contributed by atoms with Crippen LogP contribution in [0.2, 0.25) is 0 Å². The number of thiophene rings is 1. The van der Waals surface area contributed by atoms with E-state index in [1.165, 1.54) is 22.3 Å². The Kier molecular flexibility index (Phi) is 5.82. The minimum Gasteiger partial charge on any atom is -0.497 e. The van der Waals surface area contributed by atoms with Crippen LogP contribution in [0.15, 0.2) is 24.3 Å². The highest BCUT2D eigenvalue weighted by molar-refractivity contribution is 7.16. The molecule has 27 heavy (non-hydrogen) atoms. The standard InChI is InChI=1S/C21H22N2O3S/c1-13-4-8-16-17(12-22)21(27-19(16)10-13)23-20(24)9-6-14-5-7-15(25-2)11-18(14)26-3/h5-7,9,11,13H,4,8,10H2,1-3H3,(H,23,24)/b9-6+. The van der Waals surface area contributed by atoms with Gasteiger partial charge in [0.15, 0.2) is 0 Å². The zero-order valence-corrected chi connectivity index (χ0v) is 16.5. The van der Waals surface area contributed by atoms with Crippen LogP contribution in [-0.4, -0.2) is 20.1 Å². The fourth-order valence-corrected chi connectivity index (χ4v) is 4.60. The summed E-state index contributed by atoms with van der Waals surface area (Å²) in [7, 11) is 3.16. The highest BCUT2D eigenvalue weighted by Crippen LogP contribution is 2.39. The number of anilines is 1. The molecule has 1 aliphatic rings. The molecule has 140 valence electrons. The molecule has 0 radical (unpaired) electrons. The molecule has 5 nitrogen and oxygen atoms in total. The predicted molar refractivity (Wildman–Crippen MR) is 107 cm³/mol. The van der Waals surface area contributed by atoms with Gasteiger partial charge in [0, 0.05) is 22.6 Å². The normalized spacial score (nSPS) is 15.9. The second-order valence-electron chi connectivity index (χ2n) is 6.60. The Morgan fingerprint density at radius 3 is 2.89 bits per heavy atom. The number of rotatable bonds is 5. The number of nitrogens with one attached hydrogen (secondary N) is 1. The zero-order valence-electron chi connectivity index (χ0n) is 15.7. The van der Waals surface area contributed by atoms with Gasteiger partial charge in [-0.1, -0.05) is 6.92 Å². The Morgan fingerprint density at radius 1 is 1.37 bits per heavy atom. The van der Waals surface area contributed by atoms with Crippen molar-refractivity contribution in [2.45, 2.75) is 26.2 Å². The molecule has 1 aromatic carbocycles. The molecule has 0 fully saturated rings. The Morgan fingerprint density at radius 2 is 2.19 bits per heavy atom. The molecular formula is C21H22N2O3S. The van der Waals surface area contributed by atoms with Crippen LogP contribution in [-0.2, 0) is 17.6 Å². The molecule has 0 bridgehead atoms. The molecule has 6 heteroatoms. The molecule has 0 saturated carbocycles. The van der Waals surface area contributed by atoms with Gasteiger partial charge in [-0.15, -0.1) is 11.3 Å². The third kappa shape index (κ3) is 4.15. The van der Waals surface area contributed by atoms with Gasteiger partial charge in [0.25, 0.3) is 0 Å². The molecule has 1 heterocycles. The van der Waals surface area contributed by atoms with Gasteiger partial charge >= 0.3 is 0 Å². The van der Waals surface area contributed by atoms with Gasteiger partial charge in [-0.3, -0.25) is 4.79 Å². The number of benzene rings is 1. The van der Waals surface area contributed by atoms with Crippen LogP contribution in [0, 0.1) is 17.2 Å². The predicted octanol–water partition coefficient (Wildman–Crippen LogP) is 4.41. The highest BCUT2D eigenvalue weighted by atomic mass is 32.1. The SMILES string of the molecule is COc1ccc(/C=C/C(=O)Nc2sc3c(c2C#N)CCC(C)C3)c(OC)c1. The van der Waals surface area contributed by atoms with Crippen molar-refractivity contribution < 1.29 is 14.3 Å². The van der Waals surface area contributed by atoms with E-state index < -0.39 is 0 Å². The monoisotopic (exact) mass is 382 g/mol. The van der Waals surface area contributed by atoms with E-state index in [9.17, 15) is 10.1 Å². The molecule has 0 aliphatic heterocycles. The molecule has 0 saturated heterocycles. The second-order valence-corrected chi connectivity index (χ2v) is 7.70. The lowest BCUT2D eigenvalue weighted by Gasteiger charge is -2.17. The number of carbonyl (C=O) groups excluding carboxylic acids is 1. The number of methoxy groups -OCH3 is 2. The highest BCUT2D eigenvalue weighted by Gasteiger charge is 2.24. The number of hydrogen-bond acceptors (Lipinski definition) is 5. The molecule has 1 unspecified atom stereocenters. The van der Waals surface area contributed by atoms with Gasteiger partial charge in [-0.25, -0.2) is 0 Å². The lowest BCUT2D eigenvalue weighted by atomic mass is 9.89. The molecule has 0 spiro atoms. The van der Waals surface area contributed by atoms with E-state index in [4.69, 9.17) is 9.47 Å². The third-order valence-corrected chi connectivity index (χ3v) is 5.88. The van der Waals surface area contributed by atoms with Gasteiger partial charge in [0.05, 0.1) is 19.8 Å². The largest absolute Gasteiger partial charge is 0.497 e. The van der Waals surface area contributed by atoms with E-state index in [1.807, 2.05) is 12.1 Å². The van der Waals surface area contributed by atoms with Crippen molar-refractivity contribution in [3.8, 4) is 17.6 Å². The lowest BCUT2D eigenvalue weighted by molar-refractivity contribution is -0.111. The van der Waals surface area contributed by atoms with Gasteiger partial charge < -0.3 is 14.8 Å². The maximum absolute atomic E-state index is 12.4. The first-order chi connectivity index (χ1) is 13.0. The molecule has 1 amide bonds. The van der Waals surface area contributed by atoms with Crippen molar-refractivity contribution in [2.75, 3.05) is 19.5 Å². The summed E-state index contributed by atoms with van der Waals surface area (Å²) < 4.78 is 10.5. The molecule has 2 aromatic rings. The summed E-state index contributed by atoms with van der Waals surface area (Å²) >= 11 is 1.52. The van der Waals surface area contributed by atoms with Crippen molar-refractivity contribution in [3.63, 3.8) is 0 Å². The third-order valence-electron chi connectivity index (χ3n) is 4.72. The van der Waals surface area contributed by atoms with Crippen molar-refractivity contribution in [1.29, 1.82) is 5.26 Å². The average molecular weight is 382 g/mol. The van der Waals surface area contributed by atoms with Crippen molar-refractivity contribution in [1.82, 2.24) is 0 Å². The van der Waals surface area contributed by atoms with Gasteiger partial charge in [0.2, 0.25) is 5.91 Å². The van der Waals surface area contributed by atoms with Crippen LogP contribution in [0.1, 0.15) is 34.9 Å². The minimum atomic E-state index is -0.268. The van der Waals surface area contributed by atoms with E-state index in [2.05, 4.69) is 18.3 Å². The quantitative estimate of drug-likeness (QED) is 0.778. The first kappa shape index (κ1) is 19.0. The summed E-state index contributed by atoms with van der Waals surface area (Å²) in [6.07, 6.45) is 6.11. The van der Waals surface area contributed by atoms with Crippen molar-refractivity contribution >= 4 is 28.3 Å². The van der Waals surface area contributed by atoms with Crippen LogP contribution in [0.25, 0.3) is 6.08 Å². The smallest absolute Gasteiger partial charge is 0.249 e. The topological polar surface area (TPSA) is 71.3 Å². The van der Waals surface area contributed by atoms with E-state index >= 15 is 0 Å². The average Bonchev–Trinajstić information content (AvgIpc) is 3.01. The molecule has 1 aliphatic carbocycles. The Balaban J connectivity index is 1.77. The van der Waals surface area contributed by atoms with Crippen LogP contribution in [0.5, 0.6) is 11.5 Å². The number of fused-ring (bicyclic) bond motifs is 1. The number of nitriles is 1. The van der Waals surface area contributed by atoms with Gasteiger partial charge in [0.1, 0.15) is 22.6 Å². The summed E-state index contributed by atoms with van der Waals surface area (Å²) in [5, 5.41) is 13.0. The number of ether oxygens (including phenoxy) is 2. The van der Waals surface area contributed by atoms with E-state index in [1.54, 1.807) is 26.4 Å². The Hall–Kier alpha value is -2.78. The number of hydrogen-bond donors (Lipinski definition) is 1. The van der Waals surface area contributed by atoms with Crippen LogP contribution in [0.3, 0.4) is 0 Å². The van der Waals surface area contributed by atoms with Crippen LogP contribution >= 0.6 is 11.3 Å². The minimum absolute atomic E-state index is 0.268. The van der Waals surface area contributed by atoms with Gasteiger partial charge in [-0.2, -0.15) is 5.26 Å². The molecule has 3 rings (SSSR count). The van der Waals surface area contributed by atoms with Gasteiger partial charge in [-0.05, 0) is 49.0 Å². The zero-order chi connectivity index (χ0) is 19.4. The lowest BCUT2D eigenvalue weighted by Crippen LogP contribution is -2.10. The molecular weight excluding hydrogens is 360 g/mol. The summed E-state index contributed by atoms with van der Waals surface area (Å²) in [5.74, 6) is 1.66. The van der Waals surface area contributed by atoms with Crippen molar-refractivity contribution in [2.24, 2.45) is 5.92 Å². The maximum atomic E-state index is 12.4. The summed E-state index contributed by atoms with van der Waals surface area (Å²) in [6.45, 7) is 2.22. The number of nitrogens with zero attached hydrogens (tertiary/aromatic N) is 1. The summed E-state index contributed by atoms with van der Waals surface area (Å²) in [5.41, 5.74) is 2.50. The van der Waals surface area contributed by atoms with E-state index in [0.29, 0.717) is 28.0 Å². The molecule has 1 N–H and O–H groups in total. The second kappa shape index (κ2) is 8.28. The molecule has 1 atom stereocenters. The van der Waals surface area contributed by atoms with E-state index in [0.717, 1.165) is 30.4 Å². The number of amides is 1. The fourth-order valence-electron chi connectivity index (χ4n) is 3.23. The number of carbonyl (C=O) groups is 1. The maximum Gasteiger partial charge on any atom is 0.249 e. The van der Waals surface area contributed by atoms with Crippen molar-refractivity contribution in [3.05, 3.63) is 45.8 Å². The Labute approximate surface area is 163 Å². The Bertz CT molecular complexity index is 924. The first-order valence-electron chi connectivity index (χ1n) is 8.81. The summed E-state index contributed by atoms with van der Waals surface area (Å²) in [4.78, 5) is 13.6. The first-order valence-corrected chi connectivity index (χ1v) is 9.63. The van der Waals surface area contributed by atoms with Crippen LogP contribution in [0.4, 0.5) is 5.00 Å².